The third-order valence-electron chi connectivity index (χ3n) is 3.70. The van der Waals surface area contributed by atoms with Crippen molar-refractivity contribution in [3.63, 3.8) is 0 Å². The van der Waals surface area contributed by atoms with Crippen LogP contribution in [-0.2, 0) is 0 Å². The van der Waals surface area contributed by atoms with Crippen molar-refractivity contribution >= 4 is 244 Å². The molecular formula is C10HCl21O. The summed E-state index contributed by atoms with van der Waals surface area (Å²) in [5, 5.41) is 9.90. The zero-order chi connectivity index (χ0) is 27.0. The molecule has 0 aliphatic carbocycles. The van der Waals surface area contributed by atoms with Gasteiger partial charge in [0.25, 0.3) is 4.52 Å². The minimum atomic E-state index is -3.38. The molecule has 0 amide bonds. The third kappa shape index (κ3) is 5.84. The van der Waals surface area contributed by atoms with Crippen LogP contribution in [-0.4, -0.2) is 42.7 Å². The van der Waals surface area contributed by atoms with E-state index in [-0.39, 0.29) is 0 Å². The first-order valence-electron chi connectivity index (χ1n) is 6.44. The fraction of sp³-hybridized carbons (Fsp3) is 1.00. The lowest BCUT2D eigenvalue weighted by molar-refractivity contribution is 0.176. The van der Waals surface area contributed by atoms with E-state index in [0.29, 0.717) is 0 Å². The van der Waals surface area contributed by atoms with Gasteiger partial charge in [0.2, 0.25) is 15.7 Å². The fourth-order valence-electron chi connectivity index (χ4n) is 2.03. The number of hydrogen-bond acceptors (Lipinski definition) is 1. The summed E-state index contributed by atoms with van der Waals surface area (Å²) in [6, 6.07) is 0. The second-order valence-corrected chi connectivity index (χ2v) is 20.4. The number of alkyl halides is 21. The minimum Gasteiger partial charge on any atom is -0.360 e. The molecular weight excluding hydrogens is 881 g/mol. The molecule has 0 unspecified atom stereocenters. The highest BCUT2D eigenvalue weighted by Crippen LogP contribution is 2.79. The third-order valence-corrected chi connectivity index (χ3v) is 14.4. The summed E-state index contributed by atoms with van der Waals surface area (Å²) in [4.78, 5) is 0. The van der Waals surface area contributed by atoms with E-state index >= 15 is 0 Å². The van der Waals surface area contributed by atoms with Gasteiger partial charge in [0.1, 0.15) is 5.41 Å². The summed E-state index contributed by atoms with van der Waals surface area (Å²) >= 11 is 127. The maximum absolute atomic E-state index is 9.90. The zero-order valence-corrected chi connectivity index (χ0v) is 29.3. The topological polar surface area (TPSA) is 20.2 Å². The van der Waals surface area contributed by atoms with Gasteiger partial charge in [0.05, 0.1) is 0 Å². The molecule has 0 heterocycles. The molecule has 0 atom stereocenters. The van der Waals surface area contributed by atoms with Gasteiger partial charge in [-0.1, -0.05) is 244 Å². The molecule has 1 N–H and O–H groups in total. The van der Waals surface area contributed by atoms with Crippen LogP contribution >= 0.6 is 244 Å². The molecule has 0 radical (unpaired) electrons. The fourth-order valence-corrected chi connectivity index (χ4v) is 12.2. The van der Waals surface area contributed by atoms with Gasteiger partial charge in [0.15, 0.2) is 17.3 Å². The standard InChI is InChI=1S/C10HCl21O/c11-2(12,1(7(21,22)23,8(24,25)26)9(27,28)29)3(13,14)4(15,16)5(17,18)6(19,20)10(30,31)32/h32H. The molecule has 32 heavy (non-hydrogen) atoms. The molecule has 0 spiro atoms. The molecule has 0 aromatic rings. The van der Waals surface area contributed by atoms with Gasteiger partial charge >= 0.3 is 0 Å². The molecule has 194 valence electrons. The molecule has 1 nitrogen and oxygen atoms in total. The molecule has 0 saturated carbocycles. The number of hydrogen-bond donors (Lipinski definition) is 1. The zero-order valence-electron chi connectivity index (χ0n) is 13.4. The van der Waals surface area contributed by atoms with Crippen molar-refractivity contribution < 1.29 is 5.11 Å². The Kier molecular flexibility index (Phi) is 13.1. The molecule has 0 aliphatic heterocycles. The number of aliphatic hydroxyl groups is 1. The van der Waals surface area contributed by atoms with Gasteiger partial charge in [-0.3, -0.25) is 0 Å². The van der Waals surface area contributed by atoms with E-state index in [4.69, 9.17) is 244 Å². The van der Waals surface area contributed by atoms with Crippen molar-refractivity contribution in [1.29, 1.82) is 0 Å². The van der Waals surface area contributed by atoms with Crippen molar-refractivity contribution in [2.24, 2.45) is 5.41 Å². The van der Waals surface area contributed by atoms with Crippen molar-refractivity contribution in [3.05, 3.63) is 0 Å². The van der Waals surface area contributed by atoms with Gasteiger partial charge in [-0.2, -0.15) is 0 Å². The quantitative estimate of drug-likeness (QED) is 0.264. The van der Waals surface area contributed by atoms with E-state index in [0.717, 1.165) is 0 Å². The monoisotopic (exact) mass is 871 g/mol. The predicted molar refractivity (Wildman–Crippen MR) is 152 cm³/mol. The van der Waals surface area contributed by atoms with E-state index in [9.17, 15) is 5.11 Å². The SMILES string of the molecule is OC(Cl)(Cl)C(Cl)(Cl)C(Cl)(Cl)C(Cl)(Cl)C(Cl)(Cl)C(Cl)(Cl)C(C(Cl)(Cl)Cl)(C(Cl)(Cl)Cl)C(Cl)(Cl)Cl. The van der Waals surface area contributed by atoms with Crippen molar-refractivity contribution in [1.82, 2.24) is 0 Å². The van der Waals surface area contributed by atoms with Crippen LogP contribution in [0.15, 0.2) is 0 Å². The van der Waals surface area contributed by atoms with Gasteiger partial charge in [-0.05, 0) is 0 Å². The molecule has 0 aromatic heterocycles. The van der Waals surface area contributed by atoms with E-state index in [1.807, 2.05) is 0 Å². The lowest BCUT2D eigenvalue weighted by Gasteiger charge is -2.60. The summed E-state index contributed by atoms with van der Waals surface area (Å²) in [7, 11) is 0. The summed E-state index contributed by atoms with van der Waals surface area (Å²) in [6.07, 6.45) is 0. The Morgan fingerprint density at radius 1 is 0.281 bits per heavy atom. The van der Waals surface area contributed by atoms with Gasteiger partial charge in [-0.25, -0.2) is 0 Å². The predicted octanol–water partition coefficient (Wildman–Crippen LogP) is 12.1. The largest absolute Gasteiger partial charge is 0.360 e. The Morgan fingerprint density at radius 2 is 0.469 bits per heavy atom. The highest BCUT2D eigenvalue weighted by atomic mass is 35.6. The Labute approximate surface area is 287 Å². The number of rotatable bonds is 6. The van der Waals surface area contributed by atoms with Crippen LogP contribution in [0.25, 0.3) is 0 Å². The summed E-state index contributed by atoms with van der Waals surface area (Å²) < 4.78 is -28.7. The number of halogens is 21. The second kappa shape index (κ2) is 11.0. The van der Waals surface area contributed by atoms with E-state index in [1.165, 1.54) is 0 Å². The molecule has 0 aliphatic rings. The second-order valence-electron chi connectivity index (χ2n) is 5.66. The summed E-state index contributed by atoms with van der Waals surface area (Å²) in [6.45, 7) is 0. The van der Waals surface area contributed by atoms with Gasteiger partial charge in [-0.15, -0.1) is 0 Å². The van der Waals surface area contributed by atoms with Gasteiger partial charge in [0, 0.05) is 0 Å². The Balaban J connectivity index is 7.57. The average Bonchev–Trinajstić information content (AvgIpc) is 2.39. The van der Waals surface area contributed by atoms with Crippen molar-refractivity contribution in [3.8, 4) is 0 Å². The summed E-state index contributed by atoms with van der Waals surface area (Å²) in [5.41, 5.74) is -3.27. The summed E-state index contributed by atoms with van der Waals surface area (Å²) in [5.74, 6) is 0. The van der Waals surface area contributed by atoms with Crippen LogP contribution in [0.5, 0.6) is 0 Å². The first kappa shape index (κ1) is 38.0. The van der Waals surface area contributed by atoms with Crippen LogP contribution in [0.2, 0.25) is 0 Å². The van der Waals surface area contributed by atoms with Crippen LogP contribution < -0.4 is 0 Å². The van der Waals surface area contributed by atoms with E-state index < -0.39 is 43.0 Å². The van der Waals surface area contributed by atoms with Crippen molar-refractivity contribution in [2.75, 3.05) is 0 Å². The average molecular weight is 882 g/mol. The Morgan fingerprint density at radius 3 is 0.656 bits per heavy atom. The maximum atomic E-state index is 9.90. The lowest BCUT2D eigenvalue weighted by atomic mass is 9.83. The highest BCUT2D eigenvalue weighted by Gasteiger charge is 2.88. The Hall–Kier alpha value is 6.05. The van der Waals surface area contributed by atoms with Crippen LogP contribution in [0.4, 0.5) is 0 Å². The smallest absolute Gasteiger partial charge is 0.251 e. The van der Waals surface area contributed by atoms with E-state index in [2.05, 4.69) is 0 Å². The molecule has 0 rings (SSSR count). The first-order valence-corrected chi connectivity index (χ1v) is 14.4. The molecule has 22 heteroatoms. The minimum absolute atomic E-state index is 3.05. The normalized spacial score (nSPS) is 17.1. The molecule has 0 aromatic carbocycles. The molecule has 0 bridgehead atoms. The van der Waals surface area contributed by atoms with Crippen LogP contribution in [0.1, 0.15) is 0 Å². The first-order chi connectivity index (χ1) is 13.2. The highest BCUT2D eigenvalue weighted by molar-refractivity contribution is 6.82. The van der Waals surface area contributed by atoms with Crippen molar-refractivity contribution in [2.45, 2.75) is 37.6 Å². The maximum Gasteiger partial charge on any atom is 0.251 e. The van der Waals surface area contributed by atoms with Crippen LogP contribution in [0.3, 0.4) is 0 Å². The van der Waals surface area contributed by atoms with E-state index in [1.54, 1.807) is 0 Å². The van der Waals surface area contributed by atoms with Crippen LogP contribution in [0, 0.1) is 5.41 Å². The Bertz CT molecular complexity index is 647. The lowest BCUT2D eigenvalue weighted by Crippen LogP contribution is -2.75. The van der Waals surface area contributed by atoms with Gasteiger partial charge < -0.3 is 5.11 Å². The molecule has 0 fully saturated rings. The molecule has 0 saturated heterocycles.